The Bertz CT molecular complexity index is 1080. The third kappa shape index (κ3) is 4.33. The Morgan fingerprint density at radius 3 is 2.70 bits per heavy atom. The summed E-state index contributed by atoms with van der Waals surface area (Å²) in [5.74, 6) is 1.78. The Hall–Kier alpha value is -2.74. The zero-order valence-electron chi connectivity index (χ0n) is 15.7. The van der Waals surface area contributed by atoms with Gasteiger partial charge >= 0.3 is 0 Å². The molecule has 1 atom stereocenters. The Morgan fingerprint density at radius 1 is 1.22 bits per heavy atom. The number of hydrogen-bond donors (Lipinski definition) is 1. The normalized spacial score (nSPS) is 12.7. The molecule has 142 valence electrons. The lowest BCUT2D eigenvalue weighted by Gasteiger charge is -2.17. The largest absolute Gasteiger partial charge is 0.478 e. The van der Waals surface area contributed by atoms with Crippen molar-refractivity contribution < 1.29 is 13.2 Å². The van der Waals surface area contributed by atoms with Crippen LogP contribution < -0.4 is 10.1 Å². The van der Waals surface area contributed by atoms with Gasteiger partial charge in [0.1, 0.15) is 11.6 Å². The second kappa shape index (κ2) is 7.48. The molecule has 0 saturated heterocycles. The van der Waals surface area contributed by atoms with Gasteiger partial charge in [0.2, 0.25) is 5.88 Å². The summed E-state index contributed by atoms with van der Waals surface area (Å²) in [4.78, 5) is 13.5. The lowest BCUT2D eigenvalue weighted by Crippen LogP contribution is -2.10. The minimum Gasteiger partial charge on any atom is -0.478 e. The predicted octanol–water partition coefficient (Wildman–Crippen LogP) is 3.31. The van der Waals surface area contributed by atoms with E-state index in [1.165, 1.54) is 6.26 Å². The highest BCUT2D eigenvalue weighted by atomic mass is 32.2. The predicted molar refractivity (Wildman–Crippen MR) is 105 cm³/mol. The number of sulfone groups is 1. The topological polar surface area (TPSA) is 94.1 Å². The third-order valence-corrected chi connectivity index (χ3v) is 5.21. The minimum absolute atomic E-state index is 0.159. The second-order valence-electron chi connectivity index (χ2n) is 6.30. The molecule has 0 aliphatic heterocycles. The van der Waals surface area contributed by atoms with Gasteiger partial charge in [-0.3, -0.25) is 0 Å². The monoisotopic (exact) mass is 386 g/mol. The minimum atomic E-state index is -3.26. The number of fused-ring (bicyclic) bond motifs is 1. The molecule has 0 aliphatic rings. The molecular weight excluding hydrogens is 364 g/mol. The Kier molecular flexibility index (Phi) is 5.27. The molecule has 27 heavy (non-hydrogen) atoms. The Balaban J connectivity index is 1.99. The number of hydrogen-bond acceptors (Lipinski definition) is 7. The van der Waals surface area contributed by atoms with Gasteiger partial charge in [0.25, 0.3) is 0 Å². The summed E-state index contributed by atoms with van der Waals surface area (Å²) in [6.07, 6.45) is 2.86. The van der Waals surface area contributed by atoms with Crippen molar-refractivity contribution in [3.8, 4) is 5.88 Å². The van der Waals surface area contributed by atoms with Gasteiger partial charge < -0.3 is 10.1 Å². The second-order valence-corrected chi connectivity index (χ2v) is 8.32. The van der Waals surface area contributed by atoms with Crippen molar-refractivity contribution in [1.29, 1.82) is 0 Å². The van der Waals surface area contributed by atoms with Crippen molar-refractivity contribution in [2.24, 2.45) is 0 Å². The number of ether oxygens (including phenoxy) is 1. The maximum atomic E-state index is 11.8. The van der Waals surface area contributed by atoms with Crippen LogP contribution in [0.2, 0.25) is 0 Å². The number of rotatable bonds is 6. The molecule has 2 aromatic heterocycles. The maximum Gasteiger partial charge on any atom is 0.214 e. The zero-order chi connectivity index (χ0) is 19.6. The molecule has 1 aromatic carbocycles. The van der Waals surface area contributed by atoms with Crippen molar-refractivity contribution >= 4 is 26.6 Å². The van der Waals surface area contributed by atoms with Crippen LogP contribution in [0.25, 0.3) is 10.9 Å². The first kappa shape index (κ1) is 19.0. The summed E-state index contributed by atoms with van der Waals surface area (Å²) >= 11 is 0. The molecule has 8 heteroatoms. The molecule has 0 radical (unpaired) electrons. The van der Waals surface area contributed by atoms with Crippen LogP contribution in [0.15, 0.2) is 41.4 Å². The summed E-state index contributed by atoms with van der Waals surface area (Å²) in [6.45, 7) is 6.18. The Labute approximate surface area is 158 Å². The highest BCUT2D eigenvalue weighted by Gasteiger charge is 2.14. The average Bonchev–Trinajstić information content (AvgIpc) is 2.61. The fourth-order valence-corrected chi connectivity index (χ4v) is 3.44. The highest BCUT2D eigenvalue weighted by Crippen LogP contribution is 2.27. The molecule has 0 amide bonds. The van der Waals surface area contributed by atoms with Crippen LogP contribution in [-0.2, 0) is 9.84 Å². The first-order valence-corrected chi connectivity index (χ1v) is 10.5. The highest BCUT2D eigenvalue weighted by molar-refractivity contribution is 7.90. The van der Waals surface area contributed by atoms with E-state index < -0.39 is 9.84 Å². The molecule has 0 bridgehead atoms. The van der Waals surface area contributed by atoms with Gasteiger partial charge in [0.05, 0.1) is 29.3 Å². The molecule has 0 spiro atoms. The number of aryl methyl sites for hydroxylation is 1. The smallest absolute Gasteiger partial charge is 0.214 e. The fraction of sp³-hybridized carbons (Fsp3) is 0.316. The zero-order valence-corrected chi connectivity index (χ0v) is 16.5. The number of benzene rings is 1. The summed E-state index contributed by atoms with van der Waals surface area (Å²) < 4.78 is 29.1. The van der Waals surface area contributed by atoms with Crippen molar-refractivity contribution in [2.45, 2.75) is 31.7 Å². The van der Waals surface area contributed by atoms with Crippen molar-refractivity contribution in [3.63, 3.8) is 0 Å². The van der Waals surface area contributed by atoms with E-state index in [-0.39, 0.29) is 6.04 Å². The quantitative estimate of drug-likeness (QED) is 0.694. The van der Waals surface area contributed by atoms with Crippen LogP contribution in [0.5, 0.6) is 5.88 Å². The van der Waals surface area contributed by atoms with E-state index in [1.54, 1.807) is 30.5 Å². The van der Waals surface area contributed by atoms with Crippen molar-refractivity contribution in [1.82, 2.24) is 15.0 Å². The number of nitrogens with zero attached hydrogens (tertiary/aromatic N) is 3. The number of nitrogens with one attached hydrogen (secondary N) is 1. The summed E-state index contributed by atoms with van der Waals surface area (Å²) in [5, 5.41) is 4.16. The fourth-order valence-electron chi connectivity index (χ4n) is 2.77. The van der Waals surface area contributed by atoms with E-state index in [0.717, 1.165) is 10.9 Å². The van der Waals surface area contributed by atoms with E-state index in [0.29, 0.717) is 34.5 Å². The van der Waals surface area contributed by atoms with Gasteiger partial charge in [-0.2, -0.15) is 0 Å². The van der Waals surface area contributed by atoms with Crippen molar-refractivity contribution in [3.05, 3.63) is 47.9 Å². The third-order valence-electron chi connectivity index (χ3n) is 4.10. The molecule has 1 N–H and O–H groups in total. The summed E-state index contributed by atoms with van der Waals surface area (Å²) in [7, 11) is -3.26. The SMILES string of the molecule is CCOc1cc2c(N[C@H](C)c3cccc(S(C)(=O)=O)c3)nc(C)nc2cn1. The standard InChI is InChI=1S/C19H22N4O3S/c1-5-26-18-10-16-17(11-20-18)22-13(3)23-19(16)21-12(2)14-7-6-8-15(9-14)27(4,24)25/h6-12H,5H2,1-4H3,(H,21,22,23)/t12-/m1/s1. The lowest BCUT2D eigenvalue weighted by atomic mass is 10.1. The van der Waals surface area contributed by atoms with Crippen LogP contribution in [0.3, 0.4) is 0 Å². The first-order valence-electron chi connectivity index (χ1n) is 8.61. The van der Waals surface area contributed by atoms with E-state index in [4.69, 9.17) is 4.74 Å². The molecule has 0 fully saturated rings. The molecule has 7 nitrogen and oxygen atoms in total. The van der Waals surface area contributed by atoms with E-state index in [1.807, 2.05) is 26.8 Å². The molecule has 3 rings (SSSR count). The van der Waals surface area contributed by atoms with Gasteiger partial charge in [-0.25, -0.2) is 23.4 Å². The molecule has 2 heterocycles. The van der Waals surface area contributed by atoms with Crippen LogP contribution in [0.1, 0.15) is 31.3 Å². The van der Waals surface area contributed by atoms with E-state index in [2.05, 4.69) is 20.3 Å². The molecule has 3 aromatic rings. The van der Waals surface area contributed by atoms with Gasteiger partial charge in [-0.05, 0) is 38.5 Å². The average molecular weight is 386 g/mol. The first-order chi connectivity index (χ1) is 12.8. The molecule has 0 unspecified atom stereocenters. The van der Waals surface area contributed by atoms with Crippen LogP contribution in [-0.4, -0.2) is 36.2 Å². The number of anilines is 1. The van der Waals surface area contributed by atoms with Crippen LogP contribution in [0, 0.1) is 6.92 Å². The lowest BCUT2D eigenvalue weighted by molar-refractivity contribution is 0.327. The van der Waals surface area contributed by atoms with Gasteiger partial charge in [0.15, 0.2) is 9.84 Å². The van der Waals surface area contributed by atoms with Gasteiger partial charge in [0, 0.05) is 17.7 Å². The molecular formula is C19H22N4O3S. The van der Waals surface area contributed by atoms with E-state index >= 15 is 0 Å². The van der Waals surface area contributed by atoms with Crippen molar-refractivity contribution in [2.75, 3.05) is 18.2 Å². The van der Waals surface area contributed by atoms with Crippen LogP contribution >= 0.6 is 0 Å². The van der Waals surface area contributed by atoms with Gasteiger partial charge in [-0.1, -0.05) is 12.1 Å². The van der Waals surface area contributed by atoms with Crippen LogP contribution in [0.4, 0.5) is 5.82 Å². The molecule has 0 saturated carbocycles. The molecule has 0 aliphatic carbocycles. The van der Waals surface area contributed by atoms with Gasteiger partial charge in [-0.15, -0.1) is 0 Å². The maximum absolute atomic E-state index is 11.8. The Morgan fingerprint density at radius 2 is 2.00 bits per heavy atom. The number of pyridine rings is 1. The summed E-state index contributed by atoms with van der Waals surface area (Å²) in [6, 6.07) is 8.54. The van der Waals surface area contributed by atoms with E-state index in [9.17, 15) is 8.42 Å². The number of aromatic nitrogens is 3. The summed E-state index contributed by atoms with van der Waals surface area (Å²) in [5.41, 5.74) is 1.56.